The molecule has 150 valence electrons. The summed E-state index contributed by atoms with van der Waals surface area (Å²) >= 11 is 0. The van der Waals surface area contributed by atoms with Crippen molar-refractivity contribution in [2.75, 3.05) is 18.1 Å². The maximum Gasteiger partial charge on any atom is 0.404 e. The van der Waals surface area contributed by atoms with Crippen LogP contribution in [0.3, 0.4) is 0 Å². The normalized spacial score (nSPS) is 14.6. The fourth-order valence-corrected chi connectivity index (χ4v) is 3.10. The molecule has 0 unspecified atom stereocenters. The first kappa shape index (κ1) is 20.0. The van der Waals surface area contributed by atoms with E-state index in [2.05, 4.69) is 0 Å². The molecule has 28 heavy (non-hydrogen) atoms. The van der Waals surface area contributed by atoms with Crippen LogP contribution < -0.4 is 9.64 Å². The summed E-state index contributed by atoms with van der Waals surface area (Å²) in [4.78, 5) is 13.9. The van der Waals surface area contributed by atoms with Gasteiger partial charge in [-0.25, -0.2) is 0 Å². The summed E-state index contributed by atoms with van der Waals surface area (Å²) in [5, 5.41) is 0. The van der Waals surface area contributed by atoms with Gasteiger partial charge in [0.05, 0.1) is 18.7 Å². The molecule has 1 heterocycles. The lowest BCUT2D eigenvalue weighted by Gasteiger charge is -2.31. The van der Waals surface area contributed by atoms with Crippen LogP contribution in [0.5, 0.6) is 5.75 Å². The molecule has 0 fully saturated rings. The number of fused-ring (bicyclic) bond motifs is 1. The van der Waals surface area contributed by atoms with Crippen LogP contribution in [0, 0.1) is 0 Å². The lowest BCUT2D eigenvalue weighted by molar-refractivity contribution is -0.253. The Morgan fingerprint density at radius 2 is 1.64 bits per heavy atom. The number of benzene rings is 2. The van der Waals surface area contributed by atoms with E-state index >= 15 is 0 Å². The highest BCUT2D eigenvalue weighted by molar-refractivity contribution is 5.96. The Hall–Kier alpha value is -2.71. The van der Waals surface area contributed by atoms with Crippen molar-refractivity contribution in [1.29, 1.82) is 0 Å². The van der Waals surface area contributed by atoms with Crippen LogP contribution >= 0.6 is 0 Å². The summed E-state index contributed by atoms with van der Waals surface area (Å²) in [6.07, 6.45) is -10.9. The van der Waals surface area contributed by atoms with Gasteiger partial charge in [-0.2, -0.15) is 26.3 Å². The molecule has 3 nitrogen and oxygen atoms in total. The van der Waals surface area contributed by atoms with E-state index in [1.54, 1.807) is 30.3 Å². The van der Waals surface area contributed by atoms with Crippen molar-refractivity contribution in [2.24, 2.45) is 0 Å². The number of hydrogen-bond acceptors (Lipinski definition) is 2. The number of carbonyl (C=O) groups excluding carboxylic acids is 1. The molecule has 0 bridgehead atoms. The molecule has 1 aliphatic rings. The molecule has 3 rings (SSSR count). The first-order valence-corrected chi connectivity index (χ1v) is 8.32. The Bertz CT molecular complexity index is 834. The molecule has 0 aliphatic carbocycles. The fourth-order valence-electron chi connectivity index (χ4n) is 3.10. The number of ether oxygens (including phenoxy) is 1. The van der Waals surface area contributed by atoms with E-state index in [0.717, 1.165) is 17.7 Å². The van der Waals surface area contributed by atoms with Gasteiger partial charge in [0.1, 0.15) is 12.4 Å². The van der Waals surface area contributed by atoms with E-state index in [9.17, 15) is 31.1 Å². The topological polar surface area (TPSA) is 29.5 Å². The zero-order valence-corrected chi connectivity index (χ0v) is 14.3. The zero-order valence-electron chi connectivity index (χ0n) is 14.3. The monoisotopic (exact) mass is 403 g/mol. The Balaban J connectivity index is 1.90. The van der Waals surface area contributed by atoms with E-state index < -0.39 is 23.8 Å². The SMILES string of the molecule is O=C(Cc1ccccc1)N1CCOc2cc(C(C(F)(F)F)C(F)(F)F)ccc21. The first-order chi connectivity index (χ1) is 13.1. The highest BCUT2D eigenvalue weighted by atomic mass is 19.4. The molecule has 0 radical (unpaired) electrons. The third-order valence-corrected chi connectivity index (χ3v) is 4.33. The Morgan fingerprint density at radius 1 is 1.00 bits per heavy atom. The fraction of sp³-hybridized carbons (Fsp3) is 0.316. The van der Waals surface area contributed by atoms with Crippen LogP contribution in [-0.4, -0.2) is 31.4 Å². The average molecular weight is 403 g/mol. The molecule has 0 aromatic heterocycles. The standard InChI is InChI=1S/C19H15F6NO2/c20-18(21,22)17(19(23,24)25)13-6-7-14-15(11-13)28-9-8-26(14)16(27)10-12-4-2-1-3-5-12/h1-7,11,17H,8-10H2. The van der Waals surface area contributed by atoms with E-state index in [-0.39, 0.29) is 36.9 Å². The molecule has 0 saturated carbocycles. The van der Waals surface area contributed by atoms with Gasteiger partial charge in [0.15, 0.2) is 5.92 Å². The van der Waals surface area contributed by atoms with Crippen LogP contribution in [0.4, 0.5) is 32.0 Å². The molecular formula is C19H15F6NO2. The molecule has 9 heteroatoms. The first-order valence-electron chi connectivity index (χ1n) is 8.32. The molecule has 2 aromatic carbocycles. The predicted molar refractivity (Wildman–Crippen MR) is 89.3 cm³/mol. The van der Waals surface area contributed by atoms with Crippen molar-refractivity contribution < 1.29 is 35.9 Å². The summed E-state index contributed by atoms with van der Waals surface area (Å²) in [6.45, 7) is 0.125. The summed E-state index contributed by atoms with van der Waals surface area (Å²) in [6, 6.07) is 11.3. The molecule has 0 atom stereocenters. The molecule has 1 aliphatic heterocycles. The predicted octanol–water partition coefficient (Wildman–Crippen LogP) is 4.86. The molecule has 0 N–H and O–H groups in total. The summed E-state index contributed by atoms with van der Waals surface area (Å²) in [7, 11) is 0. The van der Waals surface area contributed by atoms with E-state index in [4.69, 9.17) is 4.74 Å². The van der Waals surface area contributed by atoms with Crippen LogP contribution in [0.1, 0.15) is 17.0 Å². The van der Waals surface area contributed by atoms with Crippen molar-refractivity contribution in [2.45, 2.75) is 24.7 Å². The van der Waals surface area contributed by atoms with Gasteiger partial charge in [-0.3, -0.25) is 4.79 Å². The average Bonchev–Trinajstić information content (AvgIpc) is 2.59. The van der Waals surface area contributed by atoms with Crippen LogP contribution in [0.25, 0.3) is 0 Å². The van der Waals surface area contributed by atoms with Crippen molar-refractivity contribution in [3.63, 3.8) is 0 Å². The van der Waals surface area contributed by atoms with Crippen LogP contribution in [0.15, 0.2) is 48.5 Å². The van der Waals surface area contributed by atoms with Crippen molar-refractivity contribution in [1.82, 2.24) is 0 Å². The molecular weight excluding hydrogens is 388 g/mol. The summed E-state index contributed by atoms with van der Waals surface area (Å²) < 4.78 is 83.0. The number of rotatable bonds is 3. The molecule has 2 aromatic rings. The van der Waals surface area contributed by atoms with Gasteiger partial charge in [-0.1, -0.05) is 36.4 Å². The van der Waals surface area contributed by atoms with Crippen molar-refractivity contribution >= 4 is 11.6 Å². The summed E-state index contributed by atoms with van der Waals surface area (Å²) in [5.74, 6) is -4.13. The number of carbonyl (C=O) groups is 1. The van der Waals surface area contributed by atoms with Gasteiger partial charge in [0, 0.05) is 0 Å². The minimum atomic E-state index is -5.50. The van der Waals surface area contributed by atoms with Gasteiger partial charge < -0.3 is 9.64 Å². The highest BCUT2D eigenvalue weighted by Crippen LogP contribution is 2.48. The lowest BCUT2D eigenvalue weighted by atomic mass is 9.96. The van der Waals surface area contributed by atoms with Crippen LogP contribution in [0.2, 0.25) is 0 Å². The maximum absolute atomic E-state index is 13.0. The second kappa shape index (κ2) is 7.37. The number of hydrogen-bond donors (Lipinski definition) is 0. The van der Waals surface area contributed by atoms with Gasteiger partial charge in [0.2, 0.25) is 5.91 Å². The number of amides is 1. The van der Waals surface area contributed by atoms with E-state index in [1.807, 2.05) is 0 Å². The third-order valence-electron chi connectivity index (χ3n) is 4.33. The van der Waals surface area contributed by atoms with Gasteiger partial charge in [-0.15, -0.1) is 0 Å². The number of alkyl halides is 6. The summed E-state index contributed by atoms with van der Waals surface area (Å²) in [5.41, 5.74) is -0.0819. The Morgan fingerprint density at radius 3 is 2.25 bits per heavy atom. The zero-order chi connectivity index (χ0) is 20.5. The molecule has 1 amide bonds. The maximum atomic E-state index is 13.0. The second-order valence-electron chi connectivity index (χ2n) is 6.30. The lowest BCUT2D eigenvalue weighted by Crippen LogP contribution is -2.39. The molecule has 0 saturated heterocycles. The quantitative estimate of drug-likeness (QED) is 0.685. The van der Waals surface area contributed by atoms with Gasteiger partial charge >= 0.3 is 12.4 Å². The smallest absolute Gasteiger partial charge is 0.404 e. The highest BCUT2D eigenvalue weighted by Gasteiger charge is 2.57. The van der Waals surface area contributed by atoms with Crippen LogP contribution in [-0.2, 0) is 11.2 Å². The van der Waals surface area contributed by atoms with Gasteiger partial charge in [0.25, 0.3) is 0 Å². The number of anilines is 1. The Kier molecular flexibility index (Phi) is 5.27. The number of nitrogens with zero attached hydrogens (tertiary/aromatic N) is 1. The minimum absolute atomic E-state index is 0.0281. The minimum Gasteiger partial charge on any atom is -0.490 e. The Labute approximate surface area is 156 Å². The van der Waals surface area contributed by atoms with Gasteiger partial charge in [-0.05, 0) is 23.3 Å². The third kappa shape index (κ3) is 4.23. The van der Waals surface area contributed by atoms with Crippen molar-refractivity contribution in [3.8, 4) is 5.75 Å². The largest absolute Gasteiger partial charge is 0.490 e. The van der Waals surface area contributed by atoms with Crippen molar-refractivity contribution in [3.05, 3.63) is 59.7 Å². The van der Waals surface area contributed by atoms with E-state index in [0.29, 0.717) is 6.07 Å². The second-order valence-corrected chi connectivity index (χ2v) is 6.30. The van der Waals surface area contributed by atoms with E-state index in [1.165, 1.54) is 4.90 Å². The molecule has 0 spiro atoms. The number of halogens is 6.